The van der Waals surface area contributed by atoms with Crippen LogP contribution in [0.4, 0.5) is 0 Å². The Labute approximate surface area is 153 Å². The molecule has 5 heteroatoms. The van der Waals surface area contributed by atoms with Crippen molar-refractivity contribution in [3.05, 3.63) is 71.8 Å². The van der Waals surface area contributed by atoms with Gasteiger partial charge in [0.25, 0.3) is 0 Å². The summed E-state index contributed by atoms with van der Waals surface area (Å²) in [6.45, 7) is 2.85. The number of hydrogen-bond donors (Lipinski definition) is 1. The molecule has 0 unspecified atom stereocenters. The van der Waals surface area contributed by atoms with Crippen LogP contribution in [0.1, 0.15) is 35.7 Å². The summed E-state index contributed by atoms with van der Waals surface area (Å²) < 4.78 is 0. The molecule has 3 heterocycles. The number of H-pyrrole nitrogens is 1. The molecule has 3 aromatic rings. The van der Waals surface area contributed by atoms with Gasteiger partial charge >= 0.3 is 0 Å². The summed E-state index contributed by atoms with van der Waals surface area (Å²) in [4.78, 5) is 19.1. The largest absolute Gasteiger partial charge is 0.334 e. The number of aromatic amines is 1. The molecule has 1 atom stereocenters. The number of rotatable bonds is 4. The van der Waals surface area contributed by atoms with E-state index in [1.54, 1.807) is 12.4 Å². The third-order valence-corrected chi connectivity index (χ3v) is 5.17. The van der Waals surface area contributed by atoms with Gasteiger partial charge in [0.1, 0.15) is 0 Å². The molecule has 26 heavy (non-hydrogen) atoms. The summed E-state index contributed by atoms with van der Waals surface area (Å²) >= 11 is 0. The topological polar surface area (TPSA) is 61.9 Å². The van der Waals surface area contributed by atoms with Crippen molar-refractivity contribution in [3.8, 4) is 11.1 Å². The van der Waals surface area contributed by atoms with Gasteiger partial charge in [0.05, 0.1) is 24.4 Å². The van der Waals surface area contributed by atoms with Crippen LogP contribution in [0.2, 0.25) is 0 Å². The molecule has 2 aromatic heterocycles. The Kier molecular flexibility index (Phi) is 4.52. The molecule has 0 spiro atoms. The Bertz CT molecular complexity index is 903. The number of amides is 1. The van der Waals surface area contributed by atoms with Crippen LogP contribution in [0.3, 0.4) is 0 Å². The van der Waals surface area contributed by atoms with Crippen molar-refractivity contribution in [1.29, 1.82) is 0 Å². The smallest absolute Gasteiger partial charge is 0.227 e. The van der Waals surface area contributed by atoms with Crippen LogP contribution in [0, 0.1) is 6.92 Å². The zero-order valence-electron chi connectivity index (χ0n) is 14.9. The van der Waals surface area contributed by atoms with Crippen LogP contribution in [0.5, 0.6) is 0 Å². The quantitative estimate of drug-likeness (QED) is 0.784. The van der Waals surface area contributed by atoms with E-state index < -0.39 is 0 Å². The maximum atomic E-state index is 13.0. The molecule has 0 radical (unpaired) electrons. The van der Waals surface area contributed by atoms with E-state index in [9.17, 15) is 4.79 Å². The minimum atomic E-state index is 0.0529. The van der Waals surface area contributed by atoms with Crippen LogP contribution in [0.15, 0.2) is 55.0 Å². The first-order valence-corrected chi connectivity index (χ1v) is 9.01. The Hall–Kier alpha value is -2.95. The molecule has 0 aliphatic carbocycles. The monoisotopic (exact) mass is 346 g/mol. The highest BCUT2D eigenvalue weighted by atomic mass is 16.2. The second kappa shape index (κ2) is 7.12. The second-order valence-electron chi connectivity index (χ2n) is 6.78. The average molecular weight is 346 g/mol. The Morgan fingerprint density at radius 2 is 2.04 bits per heavy atom. The number of benzene rings is 1. The van der Waals surface area contributed by atoms with Crippen molar-refractivity contribution >= 4 is 5.91 Å². The number of nitrogens with zero attached hydrogens (tertiary/aromatic N) is 3. The molecule has 1 amide bonds. The normalized spacial score (nSPS) is 16.8. The lowest BCUT2D eigenvalue weighted by Gasteiger charge is -2.25. The van der Waals surface area contributed by atoms with Crippen LogP contribution in [0.25, 0.3) is 11.1 Å². The van der Waals surface area contributed by atoms with Crippen molar-refractivity contribution < 1.29 is 4.79 Å². The fourth-order valence-electron chi connectivity index (χ4n) is 3.75. The van der Waals surface area contributed by atoms with E-state index in [1.165, 1.54) is 0 Å². The molecule has 1 aromatic carbocycles. The predicted molar refractivity (Wildman–Crippen MR) is 100 cm³/mol. The molecule has 4 rings (SSSR count). The third-order valence-electron chi connectivity index (χ3n) is 5.17. The third kappa shape index (κ3) is 3.12. The first-order chi connectivity index (χ1) is 12.7. The number of carbonyl (C=O) groups excluding carboxylic acids is 1. The highest BCUT2D eigenvalue weighted by Gasteiger charge is 2.32. The molecule has 1 aliphatic heterocycles. The van der Waals surface area contributed by atoms with E-state index in [4.69, 9.17) is 0 Å². The molecule has 0 saturated carbocycles. The molecule has 1 fully saturated rings. The van der Waals surface area contributed by atoms with E-state index in [0.717, 1.165) is 47.3 Å². The van der Waals surface area contributed by atoms with E-state index in [0.29, 0.717) is 6.42 Å². The summed E-state index contributed by atoms with van der Waals surface area (Å²) in [5, 5.41) is 7.39. The minimum Gasteiger partial charge on any atom is -0.334 e. The molecule has 5 nitrogen and oxygen atoms in total. The zero-order valence-corrected chi connectivity index (χ0v) is 14.9. The van der Waals surface area contributed by atoms with Gasteiger partial charge in [0.15, 0.2) is 0 Å². The fraction of sp³-hybridized carbons (Fsp3) is 0.286. The average Bonchev–Trinajstić information content (AvgIpc) is 3.33. The minimum absolute atomic E-state index is 0.0529. The van der Waals surface area contributed by atoms with Crippen molar-refractivity contribution in [1.82, 2.24) is 20.1 Å². The van der Waals surface area contributed by atoms with E-state index >= 15 is 0 Å². The summed E-state index contributed by atoms with van der Waals surface area (Å²) in [5.41, 5.74) is 5.40. The van der Waals surface area contributed by atoms with Gasteiger partial charge in [-0.1, -0.05) is 24.3 Å². The van der Waals surface area contributed by atoms with Gasteiger partial charge in [-0.25, -0.2) is 0 Å². The maximum Gasteiger partial charge on any atom is 0.227 e. The fourth-order valence-corrected chi connectivity index (χ4v) is 3.75. The zero-order chi connectivity index (χ0) is 17.9. The summed E-state index contributed by atoms with van der Waals surface area (Å²) in [5.74, 6) is 0.178. The number of hydrogen-bond acceptors (Lipinski definition) is 3. The summed E-state index contributed by atoms with van der Waals surface area (Å²) in [7, 11) is 0. The lowest BCUT2D eigenvalue weighted by Crippen LogP contribution is -2.32. The van der Waals surface area contributed by atoms with Gasteiger partial charge in [-0.3, -0.25) is 14.9 Å². The van der Waals surface area contributed by atoms with Gasteiger partial charge in [0, 0.05) is 24.5 Å². The van der Waals surface area contributed by atoms with Gasteiger partial charge < -0.3 is 4.90 Å². The highest BCUT2D eigenvalue weighted by molar-refractivity contribution is 5.80. The number of nitrogens with one attached hydrogen (secondary N) is 1. The van der Waals surface area contributed by atoms with Gasteiger partial charge in [-0.05, 0) is 48.6 Å². The predicted octanol–water partition coefficient (Wildman–Crippen LogP) is 3.69. The number of likely N-dealkylation sites (tertiary alicyclic amines) is 1. The number of aryl methyl sites for hydroxylation is 1. The van der Waals surface area contributed by atoms with E-state index in [-0.39, 0.29) is 11.9 Å². The van der Waals surface area contributed by atoms with Crippen molar-refractivity contribution in [2.45, 2.75) is 32.2 Å². The maximum absolute atomic E-state index is 13.0. The highest BCUT2D eigenvalue weighted by Crippen LogP contribution is 2.36. The summed E-state index contributed by atoms with van der Waals surface area (Å²) in [6.07, 6.45) is 7.82. The first-order valence-electron chi connectivity index (χ1n) is 9.01. The Morgan fingerprint density at radius 3 is 2.85 bits per heavy atom. The molecule has 132 valence electrons. The number of pyridine rings is 1. The second-order valence-corrected chi connectivity index (χ2v) is 6.78. The van der Waals surface area contributed by atoms with E-state index in [1.807, 2.05) is 41.4 Å². The van der Waals surface area contributed by atoms with Gasteiger partial charge in [-0.15, -0.1) is 0 Å². The van der Waals surface area contributed by atoms with E-state index in [2.05, 4.69) is 28.2 Å². The lowest BCUT2D eigenvalue weighted by molar-refractivity contribution is -0.131. The molecular formula is C21H22N4O. The van der Waals surface area contributed by atoms with Crippen molar-refractivity contribution in [2.24, 2.45) is 0 Å². The first kappa shape index (κ1) is 16.5. The van der Waals surface area contributed by atoms with Crippen LogP contribution in [-0.4, -0.2) is 32.5 Å². The number of carbonyl (C=O) groups is 1. The lowest BCUT2D eigenvalue weighted by atomic mass is 10.0. The molecule has 1 saturated heterocycles. The standard InChI is InChI=1S/C21H22N4O/c1-15-5-2-3-6-17(15)13-20(26)25-12-4-7-19(25)21-18(14-23-24-21)16-8-10-22-11-9-16/h2-3,5-6,8-11,14,19H,4,7,12-13H2,1H3,(H,23,24)/t19-/m1/s1. The Morgan fingerprint density at radius 1 is 1.23 bits per heavy atom. The summed E-state index contributed by atoms with van der Waals surface area (Å²) in [6, 6.07) is 12.1. The van der Waals surface area contributed by atoms with Crippen molar-refractivity contribution in [3.63, 3.8) is 0 Å². The number of aromatic nitrogens is 3. The van der Waals surface area contributed by atoms with Crippen LogP contribution < -0.4 is 0 Å². The molecule has 1 aliphatic rings. The van der Waals surface area contributed by atoms with Crippen LogP contribution in [-0.2, 0) is 11.2 Å². The van der Waals surface area contributed by atoms with Crippen LogP contribution >= 0.6 is 0 Å². The molecule has 0 bridgehead atoms. The Balaban J connectivity index is 1.59. The van der Waals surface area contributed by atoms with Gasteiger partial charge in [0.2, 0.25) is 5.91 Å². The molecule has 1 N–H and O–H groups in total. The SMILES string of the molecule is Cc1ccccc1CC(=O)N1CCC[C@@H]1c1[nH]ncc1-c1ccncc1. The van der Waals surface area contributed by atoms with Gasteiger partial charge in [-0.2, -0.15) is 5.10 Å². The van der Waals surface area contributed by atoms with Crippen molar-refractivity contribution in [2.75, 3.05) is 6.54 Å². The molecular weight excluding hydrogens is 324 g/mol.